The molecule has 1 heterocycles. The summed E-state index contributed by atoms with van der Waals surface area (Å²) in [6.07, 6.45) is 6.10. The molecule has 0 aliphatic rings. The van der Waals surface area contributed by atoms with Crippen LogP contribution in [0.1, 0.15) is 12.0 Å². The van der Waals surface area contributed by atoms with E-state index in [9.17, 15) is 4.79 Å². The lowest BCUT2D eigenvalue weighted by Gasteiger charge is -2.01. The molecule has 0 radical (unpaired) electrons. The number of allylic oxidation sites excluding steroid dienone is 1. The number of carbonyl (C=O) groups excluding carboxylic acids is 1. The summed E-state index contributed by atoms with van der Waals surface area (Å²) in [5.74, 6) is 0.396. The Hall–Kier alpha value is -1.42. The van der Waals surface area contributed by atoms with Gasteiger partial charge in [0.2, 0.25) is 11.2 Å². The Kier molecular flexibility index (Phi) is 4.07. The number of rotatable bonds is 4. The Morgan fingerprint density at radius 2 is 2.43 bits per heavy atom. The van der Waals surface area contributed by atoms with E-state index in [-0.39, 0.29) is 5.28 Å². The molecular formula is C9H9ClN2O2. The molecule has 0 atom stereocenters. The predicted octanol–water partition coefficient (Wildman–Crippen LogP) is 1.74. The van der Waals surface area contributed by atoms with Crippen LogP contribution in [0.25, 0.3) is 6.08 Å². The van der Waals surface area contributed by atoms with E-state index in [0.717, 1.165) is 6.29 Å². The molecule has 1 aromatic rings. The number of hydrogen-bond acceptors (Lipinski definition) is 4. The van der Waals surface area contributed by atoms with Crippen molar-refractivity contribution in [3.8, 4) is 5.88 Å². The minimum Gasteiger partial charge on any atom is -0.480 e. The average Bonchev–Trinajstić information content (AvgIpc) is 2.20. The van der Waals surface area contributed by atoms with Gasteiger partial charge in [0, 0.05) is 12.6 Å². The monoisotopic (exact) mass is 212 g/mol. The molecular weight excluding hydrogens is 204 g/mol. The summed E-state index contributed by atoms with van der Waals surface area (Å²) in [4.78, 5) is 17.7. The van der Waals surface area contributed by atoms with Gasteiger partial charge in [0.05, 0.1) is 12.7 Å². The van der Waals surface area contributed by atoms with E-state index in [2.05, 4.69) is 9.97 Å². The first kappa shape index (κ1) is 10.7. The van der Waals surface area contributed by atoms with Crippen molar-refractivity contribution < 1.29 is 9.53 Å². The van der Waals surface area contributed by atoms with Crippen LogP contribution in [0.15, 0.2) is 12.3 Å². The highest BCUT2D eigenvalue weighted by Crippen LogP contribution is 2.17. The number of methoxy groups -OCH3 is 1. The Morgan fingerprint density at radius 3 is 3.07 bits per heavy atom. The maximum atomic E-state index is 10.1. The van der Waals surface area contributed by atoms with E-state index in [0.29, 0.717) is 17.9 Å². The molecule has 0 saturated heterocycles. The molecule has 0 saturated carbocycles. The van der Waals surface area contributed by atoms with E-state index >= 15 is 0 Å². The first-order valence-electron chi connectivity index (χ1n) is 3.94. The van der Waals surface area contributed by atoms with Gasteiger partial charge in [-0.2, -0.15) is 4.98 Å². The Morgan fingerprint density at radius 1 is 1.64 bits per heavy atom. The predicted molar refractivity (Wildman–Crippen MR) is 53.3 cm³/mol. The molecule has 0 unspecified atom stereocenters. The fourth-order valence-corrected chi connectivity index (χ4v) is 1.01. The fraction of sp³-hybridized carbons (Fsp3) is 0.222. The molecule has 0 aliphatic heterocycles. The number of halogens is 1. The van der Waals surface area contributed by atoms with Gasteiger partial charge in [-0.25, -0.2) is 4.98 Å². The number of carbonyl (C=O) groups is 1. The van der Waals surface area contributed by atoms with Crippen LogP contribution >= 0.6 is 11.6 Å². The van der Waals surface area contributed by atoms with Gasteiger partial charge in [-0.3, -0.25) is 0 Å². The molecule has 0 aromatic carbocycles. The van der Waals surface area contributed by atoms with Gasteiger partial charge in [-0.1, -0.05) is 12.2 Å². The van der Waals surface area contributed by atoms with Crippen molar-refractivity contribution in [2.75, 3.05) is 7.11 Å². The van der Waals surface area contributed by atoms with Gasteiger partial charge in [0.1, 0.15) is 6.29 Å². The zero-order valence-corrected chi connectivity index (χ0v) is 8.36. The molecule has 14 heavy (non-hydrogen) atoms. The van der Waals surface area contributed by atoms with Gasteiger partial charge in [-0.05, 0) is 11.6 Å². The molecule has 5 heteroatoms. The van der Waals surface area contributed by atoms with Crippen LogP contribution in [-0.2, 0) is 4.79 Å². The third-order valence-electron chi connectivity index (χ3n) is 1.47. The summed E-state index contributed by atoms with van der Waals surface area (Å²) >= 11 is 5.57. The van der Waals surface area contributed by atoms with E-state index < -0.39 is 0 Å². The summed E-state index contributed by atoms with van der Waals surface area (Å²) in [6.45, 7) is 0. The van der Waals surface area contributed by atoms with Crippen LogP contribution in [0.4, 0.5) is 0 Å². The molecule has 1 aromatic heterocycles. The van der Waals surface area contributed by atoms with Crippen LogP contribution in [0.5, 0.6) is 5.88 Å². The SMILES string of the molecule is COc1nc(Cl)ncc1C=CCC=O. The number of aldehydes is 1. The number of ether oxygens (including phenoxy) is 1. The zero-order chi connectivity index (χ0) is 10.4. The van der Waals surface area contributed by atoms with Crippen molar-refractivity contribution in [3.05, 3.63) is 23.1 Å². The first-order chi connectivity index (χ1) is 6.77. The van der Waals surface area contributed by atoms with E-state index in [1.807, 2.05) is 0 Å². The number of nitrogens with zero attached hydrogens (tertiary/aromatic N) is 2. The molecule has 4 nitrogen and oxygen atoms in total. The van der Waals surface area contributed by atoms with Crippen LogP contribution in [0, 0.1) is 0 Å². The summed E-state index contributed by atoms with van der Waals surface area (Å²) in [6, 6.07) is 0. The van der Waals surface area contributed by atoms with Crippen LogP contribution < -0.4 is 4.74 Å². The van der Waals surface area contributed by atoms with E-state index in [1.165, 1.54) is 13.3 Å². The van der Waals surface area contributed by atoms with Crippen molar-refractivity contribution >= 4 is 24.0 Å². The van der Waals surface area contributed by atoms with Gasteiger partial charge >= 0.3 is 0 Å². The van der Waals surface area contributed by atoms with Crippen LogP contribution in [-0.4, -0.2) is 23.4 Å². The smallest absolute Gasteiger partial charge is 0.225 e. The molecule has 0 aliphatic carbocycles. The van der Waals surface area contributed by atoms with Crippen molar-refractivity contribution in [3.63, 3.8) is 0 Å². The highest BCUT2D eigenvalue weighted by molar-refractivity contribution is 6.28. The number of aromatic nitrogens is 2. The van der Waals surface area contributed by atoms with Gasteiger partial charge in [0.15, 0.2) is 0 Å². The van der Waals surface area contributed by atoms with Crippen molar-refractivity contribution in [1.82, 2.24) is 9.97 Å². The summed E-state index contributed by atoms with van der Waals surface area (Å²) < 4.78 is 4.98. The van der Waals surface area contributed by atoms with Gasteiger partial charge in [-0.15, -0.1) is 0 Å². The second-order valence-corrected chi connectivity index (χ2v) is 2.75. The van der Waals surface area contributed by atoms with Crippen molar-refractivity contribution in [2.24, 2.45) is 0 Å². The normalized spacial score (nSPS) is 10.4. The molecule has 0 amide bonds. The van der Waals surface area contributed by atoms with Crippen molar-refractivity contribution in [1.29, 1.82) is 0 Å². The largest absolute Gasteiger partial charge is 0.480 e. The number of hydrogen-bond donors (Lipinski definition) is 0. The second-order valence-electron chi connectivity index (χ2n) is 2.41. The molecule has 1 rings (SSSR count). The first-order valence-corrected chi connectivity index (χ1v) is 4.32. The molecule has 0 spiro atoms. The lowest BCUT2D eigenvalue weighted by Crippen LogP contribution is -1.93. The van der Waals surface area contributed by atoms with Crippen molar-refractivity contribution in [2.45, 2.75) is 6.42 Å². The Labute approximate surface area is 86.6 Å². The summed E-state index contributed by atoms with van der Waals surface area (Å²) in [5.41, 5.74) is 0.693. The fourth-order valence-electron chi connectivity index (χ4n) is 0.884. The molecule has 0 fully saturated rings. The quantitative estimate of drug-likeness (QED) is 0.564. The minimum absolute atomic E-state index is 0.134. The van der Waals surface area contributed by atoms with Gasteiger partial charge in [0.25, 0.3) is 0 Å². The summed E-state index contributed by atoms with van der Waals surface area (Å²) in [5, 5.41) is 0.134. The topological polar surface area (TPSA) is 52.1 Å². The molecule has 0 bridgehead atoms. The van der Waals surface area contributed by atoms with Crippen LogP contribution in [0.2, 0.25) is 5.28 Å². The zero-order valence-electron chi connectivity index (χ0n) is 7.61. The lowest BCUT2D eigenvalue weighted by atomic mass is 10.3. The highest BCUT2D eigenvalue weighted by Gasteiger charge is 2.02. The van der Waals surface area contributed by atoms with E-state index in [4.69, 9.17) is 16.3 Å². The third-order valence-corrected chi connectivity index (χ3v) is 1.66. The van der Waals surface area contributed by atoms with Gasteiger partial charge < -0.3 is 9.53 Å². The molecule has 0 N–H and O–H groups in total. The maximum absolute atomic E-state index is 10.1. The average molecular weight is 213 g/mol. The lowest BCUT2D eigenvalue weighted by molar-refractivity contribution is -0.107. The minimum atomic E-state index is 0.134. The van der Waals surface area contributed by atoms with E-state index in [1.54, 1.807) is 12.2 Å². The van der Waals surface area contributed by atoms with Crippen LogP contribution in [0.3, 0.4) is 0 Å². The standard InChI is InChI=1S/C9H9ClN2O2/c1-14-8-7(4-2-3-5-13)6-11-9(10)12-8/h2,4-6H,3H2,1H3. The maximum Gasteiger partial charge on any atom is 0.225 e. The summed E-state index contributed by atoms with van der Waals surface area (Å²) in [7, 11) is 1.50. The third kappa shape index (κ3) is 2.81. The molecule has 74 valence electrons. The Balaban J connectivity index is 2.90. The second kappa shape index (κ2) is 5.34. The Bertz CT molecular complexity index is 353. The highest BCUT2D eigenvalue weighted by atomic mass is 35.5.